The van der Waals surface area contributed by atoms with Gasteiger partial charge in [-0.1, -0.05) is 18.2 Å². The number of piperidine rings is 1. The van der Waals surface area contributed by atoms with Crippen LogP contribution in [0.2, 0.25) is 0 Å². The number of fused-ring (bicyclic) bond motifs is 4. The SMILES string of the molecule is O=c1cccc2n1C[C@H]1C[C@@H]2CN(C(=S)Nc2ccccc2F)C1. The molecule has 0 aliphatic carbocycles. The van der Waals surface area contributed by atoms with E-state index in [2.05, 4.69) is 10.2 Å². The smallest absolute Gasteiger partial charge is 0.250 e. The lowest BCUT2D eigenvalue weighted by Crippen LogP contribution is -2.50. The lowest BCUT2D eigenvalue weighted by Gasteiger charge is -2.43. The first-order valence-electron chi connectivity index (χ1n) is 8.12. The standard InChI is InChI=1S/C18H18FN3OS/c19-14-4-1-2-5-15(14)20-18(24)21-9-12-8-13(11-21)16-6-3-7-17(23)22(16)10-12/h1-7,12-13H,8-11H2,(H,20,24)/t12-,13+/m0/s1. The molecule has 0 amide bonds. The highest BCUT2D eigenvalue weighted by molar-refractivity contribution is 7.80. The second-order valence-electron chi connectivity index (χ2n) is 6.51. The van der Waals surface area contributed by atoms with Gasteiger partial charge in [-0.3, -0.25) is 4.79 Å². The molecule has 1 N–H and O–H groups in total. The molecule has 1 saturated heterocycles. The Kier molecular flexibility index (Phi) is 3.84. The zero-order valence-electron chi connectivity index (χ0n) is 13.1. The van der Waals surface area contributed by atoms with Gasteiger partial charge < -0.3 is 14.8 Å². The first-order chi connectivity index (χ1) is 11.6. The van der Waals surface area contributed by atoms with E-state index in [1.807, 2.05) is 16.7 Å². The minimum atomic E-state index is -0.311. The molecule has 0 radical (unpaired) electrons. The maximum Gasteiger partial charge on any atom is 0.250 e. The van der Waals surface area contributed by atoms with Gasteiger partial charge in [-0.15, -0.1) is 0 Å². The van der Waals surface area contributed by atoms with Crippen molar-refractivity contribution >= 4 is 23.0 Å². The van der Waals surface area contributed by atoms with Gasteiger partial charge in [0.2, 0.25) is 0 Å². The molecule has 2 bridgehead atoms. The first-order valence-corrected chi connectivity index (χ1v) is 8.53. The zero-order chi connectivity index (χ0) is 16.7. The van der Waals surface area contributed by atoms with Gasteiger partial charge in [0.1, 0.15) is 5.82 Å². The molecule has 2 aliphatic rings. The molecule has 0 spiro atoms. The zero-order valence-corrected chi connectivity index (χ0v) is 13.9. The molecule has 2 atom stereocenters. The van der Waals surface area contributed by atoms with E-state index in [4.69, 9.17) is 12.2 Å². The van der Waals surface area contributed by atoms with Gasteiger partial charge in [-0.2, -0.15) is 0 Å². The van der Waals surface area contributed by atoms with Crippen molar-refractivity contribution in [2.75, 3.05) is 18.4 Å². The molecule has 24 heavy (non-hydrogen) atoms. The summed E-state index contributed by atoms with van der Waals surface area (Å²) in [6, 6.07) is 12.0. The minimum Gasteiger partial charge on any atom is -0.348 e. The molecule has 0 saturated carbocycles. The predicted molar refractivity (Wildman–Crippen MR) is 95.7 cm³/mol. The summed E-state index contributed by atoms with van der Waals surface area (Å²) in [6.07, 6.45) is 1.07. The van der Waals surface area contributed by atoms with Crippen LogP contribution in [0.15, 0.2) is 47.3 Å². The Morgan fingerprint density at radius 2 is 1.96 bits per heavy atom. The van der Waals surface area contributed by atoms with E-state index in [9.17, 15) is 9.18 Å². The molecule has 1 aromatic carbocycles. The lowest BCUT2D eigenvalue weighted by atomic mass is 9.83. The van der Waals surface area contributed by atoms with E-state index >= 15 is 0 Å². The third kappa shape index (κ3) is 2.71. The van der Waals surface area contributed by atoms with Crippen LogP contribution in [0.25, 0.3) is 0 Å². The number of nitrogens with one attached hydrogen (secondary N) is 1. The molecule has 6 heteroatoms. The number of hydrogen-bond acceptors (Lipinski definition) is 2. The molecule has 124 valence electrons. The Morgan fingerprint density at radius 3 is 2.79 bits per heavy atom. The molecule has 3 heterocycles. The Labute approximate surface area is 144 Å². The fourth-order valence-electron chi connectivity index (χ4n) is 3.82. The van der Waals surface area contributed by atoms with E-state index in [0.29, 0.717) is 16.7 Å². The number of anilines is 1. The number of pyridine rings is 1. The van der Waals surface area contributed by atoms with Gasteiger partial charge in [0.05, 0.1) is 5.69 Å². The van der Waals surface area contributed by atoms with Crippen LogP contribution in [0.5, 0.6) is 0 Å². The third-order valence-electron chi connectivity index (χ3n) is 4.88. The Bertz CT molecular complexity index is 850. The number of rotatable bonds is 1. The summed E-state index contributed by atoms with van der Waals surface area (Å²) in [4.78, 5) is 14.2. The number of nitrogens with zero attached hydrogens (tertiary/aromatic N) is 2. The number of halogens is 1. The summed E-state index contributed by atoms with van der Waals surface area (Å²) in [7, 11) is 0. The second kappa shape index (κ2) is 6.02. The van der Waals surface area contributed by atoms with Crippen molar-refractivity contribution in [2.45, 2.75) is 18.9 Å². The van der Waals surface area contributed by atoms with Gasteiger partial charge in [0.25, 0.3) is 5.56 Å². The number of para-hydroxylation sites is 1. The highest BCUT2D eigenvalue weighted by Gasteiger charge is 2.35. The third-order valence-corrected chi connectivity index (χ3v) is 5.24. The van der Waals surface area contributed by atoms with Crippen LogP contribution in [0, 0.1) is 11.7 Å². The maximum absolute atomic E-state index is 13.8. The van der Waals surface area contributed by atoms with Crippen molar-refractivity contribution < 1.29 is 4.39 Å². The fourth-order valence-corrected chi connectivity index (χ4v) is 4.08. The second-order valence-corrected chi connectivity index (χ2v) is 6.90. The molecule has 2 aliphatic heterocycles. The van der Waals surface area contributed by atoms with Crippen molar-refractivity contribution in [3.63, 3.8) is 0 Å². The van der Waals surface area contributed by atoms with E-state index in [1.54, 1.807) is 24.3 Å². The molecule has 0 unspecified atom stereocenters. The van der Waals surface area contributed by atoms with Gasteiger partial charge >= 0.3 is 0 Å². The molecule has 1 fully saturated rings. The van der Waals surface area contributed by atoms with E-state index in [1.165, 1.54) is 6.07 Å². The summed E-state index contributed by atoms with van der Waals surface area (Å²) in [5, 5.41) is 3.56. The van der Waals surface area contributed by atoms with Gasteiger partial charge in [-0.25, -0.2) is 4.39 Å². The number of benzene rings is 1. The highest BCUT2D eigenvalue weighted by Crippen LogP contribution is 2.35. The van der Waals surface area contributed by atoms with Crippen LogP contribution in [0.3, 0.4) is 0 Å². The number of likely N-dealkylation sites (tertiary alicyclic amines) is 1. The van der Waals surface area contributed by atoms with E-state index in [-0.39, 0.29) is 17.3 Å². The van der Waals surface area contributed by atoms with E-state index in [0.717, 1.165) is 31.7 Å². The van der Waals surface area contributed by atoms with Crippen molar-refractivity contribution in [3.05, 3.63) is 64.3 Å². The molecule has 4 nitrogen and oxygen atoms in total. The van der Waals surface area contributed by atoms with Gasteiger partial charge in [0.15, 0.2) is 5.11 Å². The average Bonchev–Trinajstić information content (AvgIpc) is 2.58. The van der Waals surface area contributed by atoms with Crippen molar-refractivity contribution in [1.29, 1.82) is 0 Å². The molecule has 2 aromatic rings. The Balaban J connectivity index is 1.55. The topological polar surface area (TPSA) is 37.3 Å². The highest BCUT2D eigenvalue weighted by atomic mass is 32.1. The number of hydrogen-bond donors (Lipinski definition) is 1. The van der Waals surface area contributed by atoms with Crippen LogP contribution in [0.1, 0.15) is 18.0 Å². The molecule has 1 aromatic heterocycles. The van der Waals surface area contributed by atoms with Crippen molar-refractivity contribution in [2.24, 2.45) is 5.92 Å². The monoisotopic (exact) mass is 343 g/mol. The molecular formula is C18H18FN3OS. The summed E-state index contributed by atoms with van der Waals surface area (Å²) >= 11 is 5.50. The normalized spacial score (nSPS) is 22.0. The van der Waals surface area contributed by atoms with Crippen LogP contribution in [0.4, 0.5) is 10.1 Å². The summed E-state index contributed by atoms with van der Waals surface area (Å²) in [5.41, 5.74) is 1.55. The van der Waals surface area contributed by atoms with Gasteiger partial charge in [-0.05, 0) is 42.8 Å². The number of thiocarbonyl (C=S) groups is 1. The summed E-state index contributed by atoms with van der Waals surface area (Å²) < 4.78 is 15.7. The predicted octanol–water partition coefficient (Wildman–Crippen LogP) is 2.80. The van der Waals surface area contributed by atoms with Crippen LogP contribution in [-0.2, 0) is 6.54 Å². The van der Waals surface area contributed by atoms with Gasteiger partial charge in [0, 0.05) is 37.3 Å². The summed E-state index contributed by atoms with van der Waals surface area (Å²) in [6.45, 7) is 2.27. The largest absolute Gasteiger partial charge is 0.348 e. The van der Waals surface area contributed by atoms with Crippen molar-refractivity contribution in [1.82, 2.24) is 9.47 Å². The maximum atomic E-state index is 13.8. The van der Waals surface area contributed by atoms with Crippen LogP contribution >= 0.6 is 12.2 Å². The fraction of sp³-hybridized carbons (Fsp3) is 0.333. The minimum absolute atomic E-state index is 0.0720. The summed E-state index contributed by atoms with van der Waals surface area (Å²) in [5.74, 6) is 0.359. The van der Waals surface area contributed by atoms with E-state index < -0.39 is 0 Å². The Hall–Kier alpha value is -2.21. The number of aromatic nitrogens is 1. The Morgan fingerprint density at radius 1 is 1.12 bits per heavy atom. The molecule has 4 rings (SSSR count). The van der Waals surface area contributed by atoms with Crippen LogP contribution < -0.4 is 10.9 Å². The molecular weight excluding hydrogens is 325 g/mol. The first kappa shape index (κ1) is 15.3. The lowest BCUT2D eigenvalue weighted by molar-refractivity contribution is 0.180. The average molecular weight is 343 g/mol. The van der Waals surface area contributed by atoms with Crippen molar-refractivity contribution in [3.8, 4) is 0 Å². The van der Waals surface area contributed by atoms with Crippen LogP contribution in [-0.4, -0.2) is 27.7 Å². The quantitative estimate of drug-likeness (QED) is 0.808.